The number of halogens is 3. The van der Waals surface area contributed by atoms with Gasteiger partial charge in [-0.15, -0.1) is 0 Å². The van der Waals surface area contributed by atoms with Crippen molar-refractivity contribution in [1.29, 1.82) is 0 Å². The van der Waals surface area contributed by atoms with Gasteiger partial charge in [-0.3, -0.25) is 0 Å². The summed E-state index contributed by atoms with van der Waals surface area (Å²) >= 11 is 0. The van der Waals surface area contributed by atoms with E-state index in [1.165, 1.54) is 56.2 Å². The third kappa shape index (κ3) is 4.28. The van der Waals surface area contributed by atoms with Gasteiger partial charge >= 0.3 is 0 Å². The van der Waals surface area contributed by atoms with E-state index in [0.29, 0.717) is 22.4 Å². The molecule has 1 aliphatic rings. The number of rotatable bonds is 5. The summed E-state index contributed by atoms with van der Waals surface area (Å²) < 4.78 is 44.3. The predicted octanol–water partition coefficient (Wildman–Crippen LogP) is 9.03. The lowest BCUT2D eigenvalue weighted by atomic mass is 9.77. The zero-order valence-corrected chi connectivity index (χ0v) is 18.2. The van der Waals surface area contributed by atoms with E-state index >= 15 is 4.39 Å². The van der Waals surface area contributed by atoms with Crippen molar-refractivity contribution in [3.05, 3.63) is 77.1 Å². The maximum atomic E-state index is 15.3. The first-order valence-electron chi connectivity index (χ1n) is 11.4. The van der Waals surface area contributed by atoms with Crippen LogP contribution in [0.25, 0.3) is 28.0 Å². The lowest BCUT2D eigenvalue weighted by molar-refractivity contribution is 0.308. The monoisotopic (exact) mass is 422 g/mol. The van der Waals surface area contributed by atoms with Gasteiger partial charge in [0, 0.05) is 11.1 Å². The van der Waals surface area contributed by atoms with E-state index < -0.39 is 17.5 Å². The second kappa shape index (κ2) is 9.30. The molecule has 1 fully saturated rings. The quantitative estimate of drug-likeness (QED) is 0.385. The van der Waals surface area contributed by atoms with Gasteiger partial charge in [-0.2, -0.15) is 0 Å². The van der Waals surface area contributed by atoms with Crippen LogP contribution in [0.5, 0.6) is 0 Å². The molecular weight excluding hydrogens is 393 g/mol. The summed E-state index contributed by atoms with van der Waals surface area (Å²) in [5, 5.41) is 0.0651. The Kier molecular flexibility index (Phi) is 6.50. The molecule has 0 nitrogen and oxygen atoms in total. The van der Waals surface area contributed by atoms with Crippen molar-refractivity contribution in [3.8, 4) is 11.1 Å². The Morgan fingerprint density at radius 1 is 0.871 bits per heavy atom. The molecule has 3 heteroatoms. The van der Waals surface area contributed by atoms with Crippen LogP contribution in [0.2, 0.25) is 0 Å². The molecule has 0 aliphatic heterocycles. The van der Waals surface area contributed by atoms with Crippen molar-refractivity contribution in [2.75, 3.05) is 0 Å². The molecule has 0 unspecified atom stereocenters. The number of hydrogen-bond donors (Lipinski definition) is 0. The molecule has 1 aliphatic carbocycles. The Morgan fingerprint density at radius 3 is 2.23 bits per heavy atom. The van der Waals surface area contributed by atoms with Crippen LogP contribution in [0.1, 0.15) is 69.4 Å². The Balaban J connectivity index is 1.63. The van der Waals surface area contributed by atoms with Crippen LogP contribution in [0.15, 0.2) is 48.5 Å². The molecular formula is C28H29F3. The molecule has 1 saturated carbocycles. The highest BCUT2D eigenvalue weighted by Crippen LogP contribution is 2.39. The van der Waals surface area contributed by atoms with Crippen LogP contribution in [0.3, 0.4) is 0 Å². The molecule has 0 saturated heterocycles. The molecule has 162 valence electrons. The van der Waals surface area contributed by atoms with Crippen LogP contribution in [0, 0.1) is 23.4 Å². The zero-order valence-electron chi connectivity index (χ0n) is 18.2. The molecule has 0 aromatic heterocycles. The number of benzene rings is 3. The topological polar surface area (TPSA) is 0 Å². The van der Waals surface area contributed by atoms with Gasteiger partial charge in [-0.25, -0.2) is 13.2 Å². The average Bonchev–Trinajstić information content (AvgIpc) is 2.78. The fourth-order valence-electron chi connectivity index (χ4n) is 5.05. The summed E-state index contributed by atoms with van der Waals surface area (Å²) in [5.74, 6) is -1.45. The lowest BCUT2D eigenvalue weighted by Crippen LogP contribution is -2.13. The molecule has 0 N–H and O–H groups in total. The maximum absolute atomic E-state index is 15.3. The minimum atomic E-state index is -1.13. The van der Waals surface area contributed by atoms with Crippen LogP contribution in [-0.4, -0.2) is 0 Å². The molecule has 31 heavy (non-hydrogen) atoms. The van der Waals surface area contributed by atoms with E-state index in [1.807, 2.05) is 12.1 Å². The molecule has 0 heterocycles. The van der Waals surface area contributed by atoms with Gasteiger partial charge in [-0.05, 0) is 67.0 Å². The van der Waals surface area contributed by atoms with Gasteiger partial charge in [0.1, 0.15) is 5.82 Å². The van der Waals surface area contributed by atoms with Crippen molar-refractivity contribution < 1.29 is 13.2 Å². The highest BCUT2D eigenvalue weighted by molar-refractivity contribution is 5.90. The fourth-order valence-corrected chi connectivity index (χ4v) is 5.05. The highest BCUT2D eigenvalue weighted by Gasteiger charge is 2.22. The first-order valence-corrected chi connectivity index (χ1v) is 11.4. The molecule has 4 rings (SSSR count). The van der Waals surface area contributed by atoms with E-state index in [4.69, 9.17) is 0 Å². The summed E-state index contributed by atoms with van der Waals surface area (Å²) in [7, 11) is 0. The molecule has 0 bridgehead atoms. The lowest BCUT2D eigenvalue weighted by Gasteiger charge is -2.28. The first kappa shape index (κ1) is 21.7. The molecule has 0 radical (unpaired) electrons. The molecule has 0 atom stereocenters. The normalized spacial score (nSPS) is 19.4. The average molecular weight is 423 g/mol. The third-order valence-electron chi connectivity index (χ3n) is 6.73. The Bertz CT molecular complexity index is 1090. The first-order chi connectivity index (χ1) is 15.0. The van der Waals surface area contributed by atoms with Crippen LogP contribution >= 0.6 is 0 Å². The summed E-state index contributed by atoms with van der Waals surface area (Å²) in [6.45, 7) is 3.98. The predicted molar refractivity (Wildman–Crippen MR) is 124 cm³/mol. The number of fused-ring (bicyclic) bond motifs is 1. The van der Waals surface area contributed by atoms with E-state index in [0.717, 1.165) is 5.92 Å². The van der Waals surface area contributed by atoms with Crippen molar-refractivity contribution in [2.45, 2.75) is 58.3 Å². The van der Waals surface area contributed by atoms with Crippen molar-refractivity contribution >= 4 is 16.8 Å². The van der Waals surface area contributed by atoms with Crippen LogP contribution in [0.4, 0.5) is 13.2 Å². The Labute approximate surface area is 182 Å². The molecule has 3 aromatic rings. The van der Waals surface area contributed by atoms with Gasteiger partial charge < -0.3 is 0 Å². The molecule has 0 amide bonds. The summed E-state index contributed by atoms with van der Waals surface area (Å²) in [5.41, 5.74) is 2.38. The third-order valence-corrected chi connectivity index (χ3v) is 6.73. The van der Waals surface area contributed by atoms with Crippen LogP contribution in [-0.2, 0) is 0 Å². The summed E-state index contributed by atoms with van der Waals surface area (Å²) in [6, 6.07) is 12.7. The SMILES string of the molecule is C/C=C/c1cc2ccc(-c3ccc(C4CCC(CCC)CC4)cc3)c(F)c2c(F)c1F. The van der Waals surface area contributed by atoms with E-state index in [9.17, 15) is 8.78 Å². The van der Waals surface area contributed by atoms with Crippen LogP contribution < -0.4 is 0 Å². The summed E-state index contributed by atoms with van der Waals surface area (Å²) in [4.78, 5) is 0. The van der Waals surface area contributed by atoms with Gasteiger partial charge in [0.15, 0.2) is 11.6 Å². The second-order valence-electron chi connectivity index (χ2n) is 8.75. The van der Waals surface area contributed by atoms with E-state index in [-0.39, 0.29) is 10.9 Å². The fraction of sp³-hybridized carbons (Fsp3) is 0.357. The minimum absolute atomic E-state index is 0.123. The number of hydrogen-bond acceptors (Lipinski definition) is 0. The van der Waals surface area contributed by atoms with Crippen molar-refractivity contribution in [1.82, 2.24) is 0 Å². The maximum Gasteiger partial charge on any atom is 0.170 e. The van der Waals surface area contributed by atoms with E-state index in [1.54, 1.807) is 25.1 Å². The highest BCUT2D eigenvalue weighted by atomic mass is 19.2. The smallest absolute Gasteiger partial charge is 0.170 e. The van der Waals surface area contributed by atoms with Crippen molar-refractivity contribution in [2.24, 2.45) is 5.92 Å². The standard InChI is InChI=1S/C28H29F3/c1-3-5-18-7-9-19(10-8-18)20-11-13-21(14-12-20)24-16-15-22-17-23(6-4-2)26(29)28(31)25(22)27(24)30/h4,6,11-19H,3,5,7-10H2,1-2H3/b6-4+. The van der Waals surface area contributed by atoms with Gasteiger partial charge in [0.05, 0.1) is 5.39 Å². The Morgan fingerprint density at radius 2 is 1.58 bits per heavy atom. The summed E-state index contributed by atoms with van der Waals surface area (Å²) in [6.07, 6.45) is 10.6. The zero-order chi connectivity index (χ0) is 22.0. The Hall–Kier alpha value is -2.55. The van der Waals surface area contributed by atoms with Gasteiger partial charge in [-0.1, -0.05) is 68.3 Å². The largest absolute Gasteiger partial charge is 0.206 e. The minimum Gasteiger partial charge on any atom is -0.206 e. The molecule has 0 spiro atoms. The van der Waals surface area contributed by atoms with Gasteiger partial charge in [0.25, 0.3) is 0 Å². The van der Waals surface area contributed by atoms with Gasteiger partial charge in [0.2, 0.25) is 0 Å². The number of allylic oxidation sites excluding steroid dienone is 1. The van der Waals surface area contributed by atoms with Crippen molar-refractivity contribution in [3.63, 3.8) is 0 Å². The molecule has 3 aromatic carbocycles. The van der Waals surface area contributed by atoms with E-state index in [2.05, 4.69) is 19.1 Å². The second-order valence-corrected chi connectivity index (χ2v) is 8.75.